The van der Waals surface area contributed by atoms with Crippen LogP contribution in [0.3, 0.4) is 0 Å². The lowest BCUT2D eigenvalue weighted by Gasteiger charge is -2.13. The number of carbonyl (C=O) groups is 2. The summed E-state index contributed by atoms with van der Waals surface area (Å²) in [6.07, 6.45) is 2.05. The summed E-state index contributed by atoms with van der Waals surface area (Å²) in [6.45, 7) is 0.914. The van der Waals surface area contributed by atoms with Crippen molar-refractivity contribution in [3.63, 3.8) is 0 Å². The molecule has 6 rings (SSSR count). The van der Waals surface area contributed by atoms with Crippen molar-refractivity contribution in [2.75, 3.05) is 0 Å². The Hall–Kier alpha value is -5.07. The number of hydrogen-bond donors (Lipinski definition) is 2. The lowest BCUT2D eigenvalue weighted by Crippen LogP contribution is -2.23. The topological polar surface area (TPSA) is 71.3 Å². The highest BCUT2D eigenvalue weighted by molar-refractivity contribution is 7.99. The fraction of sp³-hybridized carbons (Fsp3) is 0.0556. The van der Waals surface area contributed by atoms with Gasteiger partial charge >= 0.3 is 5.97 Å². The van der Waals surface area contributed by atoms with Crippen LogP contribution in [-0.4, -0.2) is 21.6 Å². The van der Waals surface area contributed by atoms with E-state index in [9.17, 15) is 9.59 Å². The van der Waals surface area contributed by atoms with Gasteiger partial charge in [0.2, 0.25) is 0 Å². The molecule has 42 heavy (non-hydrogen) atoms. The molecule has 0 saturated carbocycles. The summed E-state index contributed by atoms with van der Waals surface area (Å²) in [5.41, 5.74) is 5.99. The summed E-state index contributed by atoms with van der Waals surface area (Å²) in [7, 11) is 0. The van der Waals surface area contributed by atoms with Crippen molar-refractivity contribution in [2.24, 2.45) is 0 Å². The van der Waals surface area contributed by atoms with Gasteiger partial charge in [-0.1, -0.05) is 96.7 Å². The molecule has 0 spiro atoms. The van der Waals surface area contributed by atoms with E-state index in [1.165, 1.54) is 5.56 Å². The third-order valence-electron chi connectivity index (χ3n) is 7.17. The van der Waals surface area contributed by atoms with Crippen molar-refractivity contribution in [1.29, 1.82) is 0 Å². The van der Waals surface area contributed by atoms with Gasteiger partial charge in [-0.3, -0.25) is 4.79 Å². The van der Waals surface area contributed by atoms with Crippen molar-refractivity contribution in [3.05, 3.63) is 156 Å². The van der Waals surface area contributed by atoms with E-state index in [-0.39, 0.29) is 11.5 Å². The van der Waals surface area contributed by atoms with E-state index >= 15 is 0 Å². The molecule has 1 amide bonds. The first kappa shape index (κ1) is 27.1. The van der Waals surface area contributed by atoms with Crippen LogP contribution in [0.4, 0.5) is 0 Å². The van der Waals surface area contributed by atoms with Crippen LogP contribution in [0.2, 0.25) is 0 Å². The molecule has 1 heterocycles. The van der Waals surface area contributed by atoms with Crippen molar-refractivity contribution < 1.29 is 14.7 Å². The second kappa shape index (κ2) is 12.2. The molecule has 206 valence electrons. The van der Waals surface area contributed by atoms with Crippen molar-refractivity contribution in [1.82, 2.24) is 9.88 Å². The number of amides is 1. The first-order chi connectivity index (χ1) is 20.5. The third kappa shape index (κ3) is 5.99. The Morgan fingerprint density at radius 1 is 0.690 bits per heavy atom. The van der Waals surface area contributed by atoms with Crippen LogP contribution >= 0.6 is 11.8 Å². The molecule has 2 N–H and O–H groups in total. The summed E-state index contributed by atoms with van der Waals surface area (Å²) in [5, 5.41) is 13.2. The Labute approximate surface area is 248 Å². The van der Waals surface area contributed by atoms with Gasteiger partial charge in [0.15, 0.2) is 0 Å². The molecule has 1 aromatic heterocycles. The van der Waals surface area contributed by atoms with Crippen LogP contribution < -0.4 is 5.32 Å². The van der Waals surface area contributed by atoms with E-state index in [1.807, 2.05) is 54.7 Å². The largest absolute Gasteiger partial charge is 0.478 e. The molecule has 5 aromatic carbocycles. The van der Waals surface area contributed by atoms with Crippen LogP contribution in [0.25, 0.3) is 22.0 Å². The van der Waals surface area contributed by atoms with Gasteiger partial charge in [-0.05, 0) is 64.7 Å². The monoisotopic (exact) mass is 568 g/mol. The molecule has 5 nitrogen and oxygen atoms in total. The predicted molar refractivity (Wildman–Crippen MR) is 168 cm³/mol. The molecule has 0 bridgehead atoms. The van der Waals surface area contributed by atoms with Crippen LogP contribution in [0.15, 0.2) is 143 Å². The van der Waals surface area contributed by atoms with E-state index < -0.39 is 5.97 Å². The highest BCUT2D eigenvalue weighted by atomic mass is 32.2. The molecule has 0 radical (unpaired) electrons. The molecule has 0 aliphatic carbocycles. The van der Waals surface area contributed by atoms with Crippen LogP contribution in [-0.2, 0) is 13.1 Å². The SMILES string of the molecule is O=C(O)c1ccc(CNC(=O)c2ccc(Sc3ccccc3)c3ccn(Cc4ccc(-c5ccccc5)cc4)c23)cc1. The molecule has 0 unspecified atom stereocenters. The van der Waals surface area contributed by atoms with Crippen LogP contribution in [0.1, 0.15) is 31.8 Å². The van der Waals surface area contributed by atoms with Gasteiger partial charge in [-0.2, -0.15) is 0 Å². The van der Waals surface area contributed by atoms with Gasteiger partial charge in [-0.25, -0.2) is 4.79 Å². The number of hydrogen-bond acceptors (Lipinski definition) is 3. The molecular weight excluding hydrogens is 540 g/mol. The van der Waals surface area contributed by atoms with Crippen LogP contribution in [0.5, 0.6) is 0 Å². The number of aromatic carboxylic acids is 1. The minimum absolute atomic E-state index is 0.182. The Morgan fingerprint density at radius 3 is 2.02 bits per heavy atom. The van der Waals surface area contributed by atoms with Gasteiger partial charge in [0.1, 0.15) is 0 Å². The average molecular weight is 569 g/mol. The first-order valence-corrected chi connectivity index (χ1v) is 14.5. The number of nitrogens with one attached hydrogen (secondary N) is 1. The number of aromatic nitrogens is 1. The van der Waals surface area contributed by atoms with Crippen molar-refractivity contribution in [3.8, 4) is 11.1 Å². The second-order valence-corrected chi connectivity index (χ2v) is 11.1. The Morgan fingerprint density at radius 2 is 1.33 bits per heavy atom. The zero-order valence-electron chi connectivity index (χ0n) is 22.7. The third-order valence-corrected chi connectivity index (χ3v) is 8.25. The molecule has 6 aromatic rings. The molecule has 0 fully saturated rings. The van der Waals surface area contributed by atoms with Gasteiger partial charge in [0, 0.05) is 34.5 Å². The second-order valence-electron chi connectivity index (χ2n) is 9.98. The van der Waals surface area contributed by atoms with E-state index in [1.54, 1.807) is 36.0 Å². The summed E-state index contributed by atoms with van der Waals surface area (Å²) >= 11 is 1.68. The molecule has 0 aliphatic rings. The van der Waals surface area contributed by atoms with Gasteiger partial charge in [0.25, 0.3) is 5.91 Å². The zero-order chi connectivity index (χ0) is 28.9. The Bertz CT molecular complexity index is 1850. The van der Waals surface area contributed by atoms with E-state index in [4.69, 9.17) is 5.11 Å². The number of rotatable bonds is 9. The lowest BCUT2D eigenvalue weighted by atomic mass is 10.0. The quantitative estimate of drug-likeness (QED) is 0.185. The minimum Gasteiger partial charge on any atom is -0.478 e. The summed E-state index contributed by atoms with van der Waals surface area (Å²) in [4.78, 5) is 26.9. The normalized spacial score (nSPS) is 11.0. The standard InChI is InChI=1S/C36H28N2O3S/c39-35(37-23-25-11-17-29(18-12-25)36(40)41)32-19-20-33(42-30-9-5-2-6-10-30)31-21-22-38(34(31)32)24-26-13-15-28(16-14-26)27-7-3-1-4-8-27/h1-22H,23-24H2,(H,37,39)(H,40,41). The zero-order valence-corrected chi connectivity index (χ0v) is 23.6. The van der Waals surface area contributed by atoms with Gasteiger partial charge in [-0.15, -0.1) is 0 Å². The maximum atomic E-state index is 13.6. The van der Waals surface area contributed by atoms with Crippen molar-refractivity contribution >= 4 is 34.5 Å². The fourth-order valence-electron chi connectivity index (χ4n) is 4.99. The number of nitrogens with zero attached hydrogens (tertiary/aromatic N) is 1. The summed E-state index contributed by atoms with van der Waals surface area (Å²) in [5.74, 6) is -1.16. The maximum absolute atomic E-state index is 13.6. The summed E-state index contributed by atoms with van der Waals surface area (Å²) < 4.78 is 2.14. The highest BCUT2D eigenvalue weighted by Gasteiger charge is 2.17. The van der Waals surface area contributed by atoms with E-state index in [2.05, 4.69) is 64.5 Å². The van der Waals surface area contributed by atoms with Crippen molar-refractivity contribution in [2.45, 2.75) is 22.9 Å². The molecule has 0 aliphatic heterocycles. The number of carboxylic acids is 1. The smallest absolute Gasteiger partial charge is 0.335 e. The Kier molecular flexibility index (Phi) is 7.88. The van der Waals surface area contributed by atoms with E-state index in [0.717, 1.165) is 37.4 Å². The summed E-state index contributed by atoms with van der Waals surface area (Å²) in [6, 6.07) is 41.6. The average Bonchev–Trinajstić information content (AvgIpc) is 3.45. The number of carboxylic acid groups (broad SMARTS) is 1. The number of benzene rings is 5. The minimum atomic E-state index is -0.975. The number of fused-ring (bicyclic) bond motifs is 1. The van der Waals surface area contributed by atoms with Gasteiger partial charge in [0.05, 0.1) is 16.6 Å². The number of carbonyl (C=O) groups excluding carboxylic acids is 1. The molecule has 0 atom stereocenters. The molecule has 6 heteroatoms. The Balaban J connectivity index is 1.31. The first-order valence-electron chi connectivity index (χ1n) is 13.6. The van der Waals surface area contributed by atoms with Gasteiger partial charge < -0.3 is 15.0 Å². The molecule has 0 saturated heterocycles. The highest BCUT2D eigenvalue weighted by Crippen LogP contribution is 2.36. The van der Waals surface area contributed by atoms with Crippen LogP contribution in [0, 0.1) is 0 Å². The van der Waals surface area contributed by atoms with E-state index in [0.29, 0.717) is 18.7 Å². The fourth-order valence-corrected chi connectivity index (χ4v) is 5.95. The maximum Gasteiger partial charge on any atom is 0.335 e. The predicted octanol–water partition coefficient (Wildman–Crippen LogP) is 8.14. The lowest BCUT2D eigenvalue weighted by molar-refractivity contribution is 0.0696. The molecular formula is C36H28N2O3S.